The number of nitrogens with one attached hydrogen (secondary N) is 1. The lowest BCUT2D eigenvalue weighted by atomic mass is 9.82. The van der Waals surface area contributed by atoms with Gasteiger partial charge in [-0.3, -0.25) is 0 Å². The van der Waals surface area contributed by atoms with Crippen molar-refractivity contribution in [2.24, 2.45) is 0 Å². The van der Waals surface area contributed by atoms with Crippen LogP contribution in [0.3, 0.4) is 0 Å². The van der Waals surface area contributed by atoms with Crippen LogP contribution in [-0.2, 0) is 13.0 Å². The molecule has 20 heteroatoms. The zero-order valence-electron chi connectivity index (χ0n) is 36.0. The molecule has 1 N–H and O–H groups in total. The van der Waals surface area contributed by atoms with E-state index in [2.05, 4.69) is 5.32 Å². The second-order valence-electron chi connectivity index (χ2n) is 16.8. The SMILES string of the molecule is FC(F)(F)C(F)(F)C(F)(F)C(F)(F)CCNc1cccc2cccc(C/C=C/C3=C(c4ccccc4)C(=C/C=c4\c5cccc6cccc(c65)n4CCC(F)(F)C(F)(F)C(F)(F)C(F)(F)F)/CCC3)c12. The van der Waals surface area contributed by atoms with E-state index >= 15 is 0 Å². The molecule has 0 radical (unpaired) electrons. The Hall–Kier alpha value is -6.08. The summed E-state index contributed by atoms with van der Waals surface area (Å²) < 4.78 is 248. The fourth-order valence-corrected chi connectivity index (χ4v) is 8.67. The number of anilines is 1. The predicted molar refractivity (Wildman–Crippen MR) is 231 cm³/mol. The molecule has 0 atom stereocenters. The second kappa shape index (κ2) is 18.6. The number of nitrogens with zero attached hydrogens (tertiary/aromatic N) is 1. The molecule has 6 aromatic rings. The van der Waals surface area contributed by atoms with Crippen molar-refractivity contribution in [1.82, 2.24) is 4.57 Å². The molecule has 5 aromatic carbocycles. The molecular formula is C50H38F18N2. The van der Waals surface area contributed by atoms with E-state index in [1.807, 2.05) is 18.2 Å². The first kappa shape index (κ1) is 51.8. The van der Waals surface area contributed by atoms with Crippen molar-refractivity contribution in [3.05, 3.63) is 149 Å². The van der Waals surface area contributed by atoms with Crippen LogP contribution in [0.5, 0.6) is 0 Å². The number of rotatable bonds is 16. The van der Waals surface area contributed by atoms with E-state index in [4.69, 9.17) is 0 Å². The van der Waals surface area contributed by atoms with Gasteiger partial charge in [-0.25, -0.2) is 0 Å². The third kappa shape index (κ3) is 9.21. The lowest BCUT2D eigenvalue weighted by molar-refractivity contribution is -0.396. The molecule has 1 heterocycles. The summed E-state index contributed by atoms with van der Waals surface area (Å²) in [5, 5.41) is 5.13. The van der Waals surface area contributed by atoms with Crippen molar-refractivity contribution in [3.63, 3.8) is 0 Å². The minimum Gasteiger partial charge on any atom is -0.384 e. The number of aryl methyl sites for hydroxylation is 1. The summed E-state index contributed by atoms with van der Waals surface area (Å²) in [7, 11) is 0. The predicted octanol–water partition coefficient (Wildman–Crippen LogP) is 15.9. The molecular weight excluding hydrogens is 971 g/mol. The molecule has 0 saturated heterocycles. The topological polar surface area (TPSA) is 17.0 Å². The summed E-state index contributed by atoms with van der Waals surface area (Å²) in [5.41, 5.74) is 3.86. The summed E-state index contributed by atoms with van der Waals surface area (Å²) >= 11 is 0. The second-order valence-corrected chi connectivity index (χ2v) is 16.8. The fraction of sp³-hybridized carbons (Fsp3) is 0.320. The smallest absolute Gasteiger partial charge is 0.384 e. The average Bonchev–Trinajstić information content (AvgIpc) is 3.60. The van der Waals surface area contributed by atoms with Crippen LogP contribution in [0, 0.1) is 0 Å². The van der Waals surface area contributed by atoms with Gasteiger partial charge in [0, 0.05) is 58.6 Å². The zero-order valence-corrected chi connectivity index (χ0v) is 36.0. The molecule has 1 aromatic heterocycles. The van der Waals surface area contributed by atoms with Gasteiger partial charge in [-0.1, -0.05) is 109 Å². The number of fused-ring (bicyclic) bond motifs is 1. The maximum atomic E-state index is 15.0. The highest BCUT2D eigenvalue weighted by Crippen LogP contribution is 2.55. The van der Waals surface area contributed by atoms with Crippen molar-refractivity contribution < 1.29 is 79.0 Å². The third-order valence-electron chi connectivity index (χ3n) is 12.3. The Morgan fingerprint density at radius 2 is 1.09 bits per heavy atom. The molecule has 0 unspecified atom stereocenters. The Balaban J connectivity index is 1.23. The number of alkyl halides is 18. The maximum Gasteiger partial charge on any atom is 0.460 e. The molecule has 7 rings (SSSR count). The summed E-state index contributed by atoms with van der Waals surface area (Å²) in [6.07, 6.45) is -9.60. The van der Waals surface area contributed by atoms with Gasteiger partial charge in [0.15, 0.2) is 0 Å². The van der Waals surface area contributed by atoms with Crippen LogP contribution in [0.2, 0.25) is 0 Å². The van der Waals surface area contributed by atoms with Gasteiger partial charge in [0.1, 0.15) is 0 Å². The standard InChI is InChI=1S/C50H38F18N2/c51-43(52,45(55,56)47(59,60)49(63,64)65)26-28-69-37-22-8-19-33-16-6-15-32(41(33)37)14-4-12-31-13-5-17-35(40(31)30-10-2-1-3-11-30)24-25-38-36-21-7-18-34-20-9-23-39(42(34)36)70(38)29-27-44(53,54)46(57,58)48(61,62)50(66,67)68/h1-4,6-12,15-16,18-25,69H,5,13-14,17,26-29H2/b12-4+,35-24+,38-25+. The Bertz CT molecular complexity index is 3000. The van der Waals surface area contributed by atoms with E-state index in [-0.39, 0.29) is 23.0 Å². The van der Waals surface area contributed by atoms with Gasteiger partial charge in [-0.2, -0.15) is 79.0 Å². The quantitative estimate of drug-likeness (QED) is 0.0956. The molecule has 0 bridgehead atoms. The van der Waals surface area contributed by atoms with Gasteiger partial charge >= 0.3 is 47.9 Å². The zero-order chi connectivity index (χ0) is 51.3. The number of benzene rings is 5. The van der Waals surface area contributed by atoms with Crippen molar-refractivity contribution >= 4 is 49.8 Å². The number of hydrogen-bond acceptors (Lipinski definition) is 1. The highest BCUT2D eigenvalue weighted by atomic mass is 19.4. The molecule has 374 valence electrons. The van der Waals surface area contributed by atoms with Crippen LogP contribution in [-0.4, -0.2) is 59.0 Å². The Labute approximate surface area is 386 Å². The third-order valence-corrected chi connectivity index (χ3v) is 12.3. The molecule has 2 nitrogen and oxygen atoms in total. The fourth-order valence-electron chi connectivity index (χ4n) is 8.67. The minimum absolute atomic E-state index is 0.0961. The summed E-state index contributed by atoms with van der Waals surface area (Å²) in [6.45, 7) is -2.22. The molecule has 0 saturated carbocycles. The van der Waals surface area contributed by atoms with Crippen LogP contribution in [0.15, 0.2) is 133 Å². The highest BCUT2D eigenvalue weighted by Gasteiger charge is 2.82. The summed E-state index contributed by atoms with van der Waals surface area (Å²) in [6, 6.07) is 28.1. The van der Waals surface area contributed by atoms with E-state index in [0.717, 1.165) is 16.7 Å². The molecule has 70 heavy (non-hydrogen) atoms. The minimum atomic E-state index is -7.05. The lowest BCUT2D eigenvalue weighted by Gasteiger charge is -2.33. The van der Waals surface area contributed by atoms with Gasteiger partial charge in [0.25, 0.3) is 0 Å². The molecule has 0 spiro atoms. The lowest BCUT2D eigenvalue weighted by Crippen LogP contribution is -2.61. The summed E-state index contributed by atoms with van der Waals surface area (Å²) in [5.74, 6) is -39.2. The van der Waals surface area contributed by atoms with Gasteiger partial charge in [-0.15, -0.1) is 0 Å². The van der Waals surface area contributed by atoms with Gasteiger partial charge < -0.3 is 9.88 Å². The number of hydrogen-bond donors (Lipinski definition) is 1. The van der Waals surface area contributed by atoms with Gasteiger partial charge in [0.05, 0.1) is 0 Å². The van der Waals surface area contributed by atoms with Crippen LogP contribution in [0.4, 0.5) is 84.7 Å². The monoisotopic (exact) mass is 1010 g/mol. The maximum absolute atomic E-state index is 15.0. The Kier molecular flexibility index (Phi) is 13.7. The first-order chi connectivity index (χ1) is 32.6. The van der Waals surface area contributed by atoms with Crippen molar-refractivity contribution in [2.75, 3.05) is 11.9 Å². The summed E-state index contributed by atoms with van der Waals surface area (Å²) in [4.78, 5) is 0. The first-order valence-electron chi connectivity index (χ1n) is 21.4. The van der Waals surface area contributed by atoms with Crippen LogP contribution in [0.25, 0.3) is 44.1 Å². The van der Waals surface area contributed by atoms with Crippen molar-refractivity contribution in [2.45, 2.75) is 93.0 Å². The van der Waals surface area contributed by atoms with Gasteiger partial charge in [0.2, 0.25) is 0 Å². The van der Waals surface area contributed by atoms with E-state index in [1.54, 1.807) is 78.9 Å². The van der Waals surface area contributed by atoms with E-state index in [9.17, 15) is 79.0 Å². The van der Waals surface area contributed by atoms with Crippen molar-refractivity contribution in [3.8, 4) is 0 Å². The van der Waals surface area contributed by atoms with E-state index in [1.165, 1.54) is 34.9 Å². The van der Waals surface area contributed by atoms with E-state index in [0.29, 0.717) is 57.3 Å². The number of aromatic nitrogens is 1. The van der Waals surface area contributed by atoms with Crippen LogP contribution < -0.4 is 10.7 Å². The number of halogens is 18. The molecule has 1 aliphatic rings. The van der Waals surface area contributed by atoms with Crippen LogP contribution in [0.1, 0.15) is 43.2 Å². The molecule has 1 aliphatic carbocycles. The Morgan fingerprint density at radius 3 is 1.70 bits per heavy atom. The molecule has 0 fully saturated rings. The molecule has 0 aliphatic heterocycles. The molecule has 0 amide bonds. The van der Waals surface area contributed by atoms with E-state index < -0.39 is 73.8 Å². The largest absolute Gasteiger partial charge is 0.460 e. The van der Waals surface area contributed by atoms with Gasteiger partial charge in [-0.05, 0) is 82.5 Å². The van der Waals surface area contributed by atoms with Crippen molar-refractivity contribution in [1.29, 1.82) is 0 Å². The first-order valence-corrected chi connectivity index (χ1v) is 21.4. The normalized spacial score (nSPS) is 16.3. The highest BCUT2D eigenvalue weighted by molar-refractivity contribution is 6.10. The Morgan fingerprint density at radius 1 is 0.529 bits per heavy atom. The average molecular weight is 1010 g/mol. The van der Waals surface area contributed by atoms with Crippen LogP contribution >= 0.6 is 0 Å². The number of allylic oxidation sites excluding steroid dienone is 6.